The van der Waals surface area contributed by atoms with E-state index in [1.54, 1.807) is 24.3 Å². The van der Waals surface area contributed by atoms with Crippen LogP contribution in [0.3, 0.4) is 0 Å². The first-order valence-corrected chi connectivity index (χ1v) is 16.0. The van der Waals surface area contributed by atoms with E-state index in [0.717, 1.165) is 30.0 Å². The van der Waals surface area contributed by atoms with E-state index in [-0.39, 0.29) is 24.3 Å². The van der Waals surface area contributed by atoms with Crippen LogP contribution in [0.1, 0.15) is 57.8 Å². The Balaban J connectivity index is 1.28. The van der Waals surface area contributed by atoms with Gasteiger partial charge < -0.3 is 24.9 Å². The van der Waals surface area contributed by atoms with E-state index in [2.05, 4.69) is 59.7 Å². The maximum absolute atomic E-state index is 13.7. The van der Waals surface area contributed by atoms with Crippen LogP contribution in [0.2, 0.25) is 5.02 Å². The minimum absolute atomic E-state index is 0.000290. The van der Waals surface area contributed by atoms with Crippen LogP contribution >= 0.6 is 11.6 Å². The van der Waals surface area contributed by atoms with Crippen LogP contribution in [0.4, 0.5) is 0 Å². The molecule has 9 heteroatoms. The van der Waals surface area contributed by atoms with Gasteiger partial charge in [0, 0.05) is 50.2 Å². The van der Waals surface area contributed by atoms with Gasteiger partial charge in [-0.15, -0.1) is 0 Å². The molecule has 0 bridgehead atoms. The average molecular weight is 638 g/mol. The Morgan fingerprint density at radius 1 is 0.978 bits per heavy atom. The van der Waals surface area contributed by atoms with Crippen molar-refractivity contribution in [3.05, 3.63) is 117 Å². The van der Waals surface area contributed by atoms with Crippen LogP contribution < -0.4 is 10.6 Å². The van der Waals surface area contributed by atoms with E-state index in [4.69, 9.17) is 16.0 Å². The van der Waals surface area contributed by atoms with Crippen LogP contribution in [0.15, 0.2) is 83.3 Å². The predicted molar refractivity (Wildman–Crippen MR) is 180 cm³/mol. The molecular weight excluding hydrogens is 598 g/mol. The number of rotatable bonds is 11. The molecule has 0 aliphatic carbocycles. The minimum Gasteiger partial charge on any atom is -0.460 e. The number of carbonyl (C=O) groups is 2. The number of carbonyl (C=O) groups excluding carboxylic acids is 2. The Morgan fingerprint density at radius 3 is 2.39 bits per heavy atom. The molecule has 8 nitrogen and oxygen atoms in total. The Morgan fingerprint density at radius 2 is 1.70 bits per heavy atom. The second-order valence-corrected chi connectivity index (χ2v) is 12.5. The molecule has 5 rings (SSSR count). The van der Waals surface area contributed by atoms with Gasteiger partial charge in [-0.3, -0.25) is 9.59 Å². The summed E-state index contributed by atoms with van der Waals surface area (Å²) in [5, 5.41) is 16.1. The van der Waals surface area contributed by atoms with E-state index in [1.165, 1.54) is 11.1 Å². The quantitative estimate of drug-likeness (QED) is 0.205. The molecule has 2 N–H and O–H groups in total. The third-order valence-electron chi connectivity index (χ3n) is 8.49. The van der Waals surface area contributed by atoms with E-state index in [1.807, 2.05) is 42.3 Å². The van der Waals surface area contributed by atoms with Crippen molar-refractivity contribution in [3.63, 3.8) is 0 Å². The van der Waals surface area contributed by atoms with Gasteiger partial charge in [0.2, 0.25) is 5.91 Å². The van der Waals surface area contributed by atoms with Crippen molar-refractivity contribution >= 4 is 23.4 Å². The topological polar surface area (TPSA) is 102 Å². The number of halogens is 1. The molecule has 0 unspecified atom stereocenters. The van der Waals surface area contributed by atoms with Crippen molar-refractivity contribution < 1.29 is 14.0 Å². The summed E-state index contributed by atoms with van der Waals surface area (Å²) in [6.07, 6.45) is 0.589. The third kappa shape index (κ3) is 8.64. The summed E-state index contributed by atoms with van der Waals surface area (Å²) in [6, 6.07) is 26.5. The Kier molecular flexibility index (Phi) is 10.9. The monoisotopic (exact) mass is 637 g/mol. The first-order chi connectivity index (χ1) is 22.2. The number of benzene rings is 3. The fourth-order valence-corrected chi connectivity index (χ4v) is 5.74. The van der Waals surface area contributed by atoms with Gasteiger partial charge in [-0.2, -0.15) is 5.26 Å². The van der Waals surface area contributed by atoms with Crippen LogP contribution in [-0.2, 0) is 17.8 Å². The smallest absolute Gasteiger partial charge is 0.253 e. The van der Waals surface area contributed by atoms with Crippen LogP contribution in [-0.4, -0.2) is 60.9 Å². The summed E-state index contributed by atoms with van der Waals surface area (Å²) in [5.74, 6) is 1.04. The third-order valence-corrected chi connectivity index (χ3v) is 8.82. The molecule has 0 saturated carbocycles. The summed E-state index contributed by atoms with van der Waals surface area (Å²) in [7, 11) is 2.04. The molecule has 0 spiro atoms. The molecule has 1 aromatic heterocycles. The highest BCUT2D eigenvalue weighted by Gasteiger charge is 2.25. The van der Waals surface area contributed by atoms with Gasteiger partial charge in [0.15, 0.2) is 0 Å². The molecule has 1 saturated heterocycles. The largest absolute Gasteiger partial charge is 0.460 e. The Bertz CT molecular complexity index is 1690. The van der Waals surface area contributed by atoms with Crippen molar-refractivity contribution in [1.82, 2.24) is 20.4 Å². The first kappa shape index (κ1) is 33.0. The maximum atomic E-state index is 13.7. The molecule has 2 amide bonds. The van der Waals surface area contributed by atoms with E-state index >= 15 is 0 Å². The first-order valence-electron chi connectivity index (χ1n) is 15.6. The number of amides is 2. The molecule has 3 aromatic carbocycles. The molecule has 4 aromatic rings. The average Bonchev–Trinajstić information content (AvgIpc) is 3.54. The van der Waals surface area contributed by atoms with Crippen molar-refractivity contribution in [2.75, 3.05) is 33.2 Å². The molecule has 2 heterocycles. The molecular formula is C37H40ClN5O3. The van der Waals surface area contributed by atoms with Crippen LogP contribution in [0.5, 0.6) is 0 Å². The maximum Gasteiger partial charge on any atom is 0.253 e. The molecule has 46 heavy (non-hydrogen) atoms. The van der Waals surface area contributed by atoms with Gasteiger partial charge in [-0.1, -0.05) is 53.6 Å². The lowest BCUT2D eigenvalue weighted by molar-refractivity contribution is -0.133. The zero-order valence-corrected chi connectivity index (χ0v) is 27.3. The second-order valence-electron chi connectivity index (χ2n) is 12.0. The van der Waals surface area contributed by atoms with Gasteiger partial charge in [0.25, 0.3) is 5.91 Å². The Hall–Kier alpha value is -4.42. The standard InChI is InChI=1S/C37H40ClN5O3/c1-25-4-10-29(11-5-25)26(2)40-24-32-13-15-35(46-32)30-12-14-34(38)33(21-30)37(45)41-31(20-27-6-8-28(23-39)9-7-27)22-36(44)43-18-16-42(3)17-19-43/h4-15,21,26,31,40H,16-20,22,24H2,1-3H3,(H,41,45)/t26-,31-/m1/s1. The minimum atomic E-state index is -0.468. The number of hydrogen-bond donors (Lipinski definition) is 2. The van der Waals surface area contributed by atoms with E-state index < -0.39 is 6.04 Å². The molecule has 238 valence electrons. The summed E-state index contributed by atoms with van der Waals surface area (Å²) >= 11 is 6.54. The lowest BCUT2D eigenvalue weighted by Crippen LogP contribution is -2.49. The van der Waals surface area contributed by atoms with Gasteiger partial charge in [0.1, 0.15) is 11.5 Å². The highest BCUT2D eigenvalue weighted by atomic mass is 35.5. The summed E-state index contributed by atoms with van der Waals surface area (Å²) in [5.41, 5.74) is 4.93. The SMILES string of the molecule is Cc1ccc([C@@H](C)NCc2ccc(-c3ccc(Cl)c(C(=O)N[C@@H](CC(=O)N4CCN(C)CC4)Cc4ccc(C#N)cc4)c3)o2)cc1. The van der Waals surface area contributed by atoms with Gasteiger partial charge >= 0.3 is 0 Å². The molecule has 1 aliphatic heterocycles. The Labute approximate surface area is 276 Å². The number of piperazine rings is 1. The number of likely N-dealkylation sites (N-methyl/N-ethyl adjacent to an activating group) is 1. The van der Waals surface area contributed by atoms with Gasteiger partial charge in [0.05, 0.1) is 28.8 Å². The van der Waals surface area contributed by atoms with E-state index in [0.29, 0.717) is 48.0 Å². The van der Waals surface area contributed by atoms with Crippen molar-refractivity contribution in [3.8, 4) is 17.4 Å². The van der Waals surface area contributed by atoms with E-state index in [9.17, 15) is 14.9 Å². The van der Waals surface area contributed by atoms with Crippen LogP contribution in [0.25, 0.3) is 11.3 Å². The zero-order valence-electron chi connectivity index (χ0n) is 26.6. The lowest BCUT2D eigenvalue weighted by Gasteiger charge is -2.33. The van der Waals surface area contributed by atoms with Crippen molar-refractivity contribution in [2.24, 2.45) is 0 Å². The number of hydrogen-bond acceptors (Lipinski definition) is 6. The van der Waals surface area contributed by atoms with Crippen molar-refractivity contribution in [2.45, 2.75) is 45.3 Å². The van der Waals surface area contributed by atoms with Crippen LogP contribution in [0, 0.1) is 18.3 Å². The van der Waals surface area contributed by atoms with Gasteiger partial charge in [-0.25, -0.2) is 0 Å². The summed E-state index contributed by atoms with van der Waals surface area (Å²) in [4.78, 5) is 31.0. The number of aryl methyl sites for hydroxylation is 1. The summed E-state index contributed by atoms with van der Waals surface area (Å²) < 4.78 is 6.14. The number of nitrogens with one attached hydrogen (secondary N) is 2. The molecule has 2 atom stereocenters. The number of nitrogens with zero attached hydrogens (tertiary/aromatic N) is 3. The fraction of sp³-hybridized carbons (Fsp3) is 0.324. The summed E-state index contributed by atoms with van der Waals surface area (Å²) in [6.45, 7) is 7.69. The van der Waals surface area contributed by atoms with Crippen molar-refractivity contribution in [1.29, 1.82) is 5.26 Å². The van der Waals surface area contributed by atoms with Gasteiger partial charge in [-0.05, 0) is 80.9 Å². The predicted octanol–water partition coefficient (Wildman–Crippen LogP) is 6.14. The number of nitriles is 1. The molecule has 1 fully saturated rings. The second kappa shape index (κ2) is 15.2. The fourth-order valence-electron chi connectivity index (χ4n) is 5.54. The molecule has 0 radical (unpaired) electrons. The normalized spacial score (nSPS) is 14.8. The number of furan rings is 1. The highest BCUT2D eigenvalue weighted by Crippen LogP contribution is 2.28. The molecule has 1 aliphatic rings. The lowest BCUT2D eigenvalue weighted by atomic mass is 10.0. The zero-order chi connectivity index (χ0) is 32.6. The highest BCUT2D eigenvalue weighted by molar-refractivity contribution is 6.34.